The average molecular weight is 467 g/mol. The molecule has 0 radical (unpaired) electrons. The minimum atomic E-state index is 0.668. The van der Waals surface area contributed by atoms with Crippen LogP contribution in [0.25, 0.3) is 45.2 Å². The molecule has 35 heavy (non-hydrogen) atoms. The lowest BCUT2D eigenvalue weighted by atomic mass is 10.1. The molecule has 0 atom stereocenters. The van der Waals surface area contributed by atoms with E-state index in [0.717, 1.165) is 64.8 Å². The zero-order valence-electron chi connectivity index (χ0n) is 19.8. The molecule has 176 valence electrons. The molecule has 9 heteroatoms. The molecule has 0 bridgehead atoms. The molecule has 9 nitrogen and oxygen atoms in total. The van der Waals surface area contributed by atoms with Gasteiger partial charge in [0.15, 0.2) is 22.8 Å². The Labute approximate surface area is 203 Å². The van der Waals surface area contributed by atoms with E-state index >= 15 is 0 Å². The van der Waals surface area contributed by atoms with Gasteiger partial charge < -0.3 is 14.2 Å². The van der Waals surface area contributed by atoms with E-state index < -0.39 is 0 Å². The number of imidazole rings is 1. The van der Waals surface area contributed by atoms with Crippen molar-refractivity contribution >= 4 is 17.0 Å². The molecule has 1 aliphatic rings. The molecule has 5 aromatic rings. The van der Waals surface area contributed by atoms with Crippen molar-refractivity contribution in [2.75, 3.05) is 31.2 Å². The summed E-state index contributed by atoms with van der Waals surface area (Å²) < 4.78 is 9.57. The highest BCUT2D eigenvalue weighted by Gasteiger charge is 2.23. The number of rotatable bonds is 5. The smallest absolute Gasteiger partial charge is 0.166 e. The van der Waals surface area contributed by atoms with E-state index in [9.17, 15) is 0 Å². The minimum absolute atomic E-state index is 0.668. The maximum absolute atomic E-state index is 5.61. The summed E-state index contributed by atoms with van der Waals surface area (Å²) in [4.78, 5) is 21.6. The first-order valence-electron chi connectivity index (χ1n) is 11.8. The Hall–Kier alpha value is -4.11. The number of anilines is 1. The second-order valence-corrected chi connectivity index (χ2v) is 8.51. The lowest BCUT2D eigenvalue weighted by molar-refractivity contribution is 0.122. The van der Waals surface area contributed by atoms with Gasteiger partial charge in [-0.1, -0.05) is 18.2 Å². The molecule has 0 spiro atoms. The SMILES string of the molecule is CCn1c(-c2ccncc2)nc2c(N3CCOCC3)nc(-c3cccc(-c4ccn(C)n4)c3)nc21. The van der Waals surface area contributed by atoms with Crippen molar-refractivity contribution in [3.63, 3.8) is 0 Å². The molecular formula is C26H26N8O. The molecule has 1 aliphatic heterocycles. The number of hydrogen-bond acceptors (Lipinski definition) is 7. The summed E-state index contributed by atoms with van der Waals surface area (Å²) in [6.45, 7) is 5.72. The van der Waals surface area contributed by atoms with Gasteiger partial charge in [-0.3, -0.25) is 9.67 Å². The van der Waals surface area contributed by atoms with Crippen LogP contribution in [0, 0.1) is 0 Å². The zero-order chi connectivity index (χ0) is 23.8. The summed E-state index contributed by atoms with van der Waals surface area (Å²) >= 11 is 0. The van der Waals surface area contributed by atoms with Crippen LogP contribution >= 0.6 is 0 Å². The highest BCUT2D eigenvalue weighted by molar-refractivity contribution is 5.89. The second kappa shape index (κ2) is 8.92. The number of pyridine rings is 1. The fourth-order valence-corrected chi connectivity index (χ4v) is 4.52. The van der Waals surface area contributed by atoms with Crippen molar-refractivity contribution < 1.29 is 4.74 Å². The third-order valence-electron chi connectivity index (χ3n) is 6.27. The van der Waals surface area contributed by atoms with Crippen molar-refractivity contribution in [1.29, 1.82) is 0 Å². The van der Waals surface area contributed by atoms with E-state index in [1.54, 1.807) is 12.4 Å². The molecule has 4 aromatic heterocycles. The maximum Gasteiger partial charge on any atom is 0.166 e. The molecule has 0 N–H and O–H groups in total. The third kappa shape index (κ3) is 3.93. The normalized spacial score (nSPS) is 14.1. The maximum atomic E-state index is 5.61. The Balaban J connectivity index is 1.55. The molecule has 5 heterocycles. The van der Waals surface area contributed by atoms with Crippen LogP contribution < -0.4 is 4.90 Å². The number of hydrogen-bond donors (Lipinski definition) is 0. The standard InChI is InChI=1S/C26H26N8O/c1-3-34-24(18-7-10-27-11-8-18)28-22-25(33-13-15-35-16-14-33)29-23(30-26(22)34)20-6-4-5-19(17-20)21-9-12-32(2)31-21/h4-12,17H,3,13-16H2,1-2H3. The number of nitrogens with zero attached hydrogens (tertiary/aromatic N) is 8. The first kappa shape index (κ1) is 21.4. The largest absolute Gasteiger partial charge is 0.378 e. The number of benzene rings is 1. The van der Waals surface area contributed by atoms with Gasteiger partial charge >= 0.3 is 0 Å². The average Bonchev–Trinajstić information content (AvgIpc) is 3.52. The predicted octanol–water partition coefficient (Wildman–Crippen LogP) is 3.81. The van der Waals surface area contributed by atoms with E-state index in [-0.39, 0.29) is 0 Å². The van der Waals surface area contributed by atoms with Gasteiger partial charge in [0.25, 0.3) is 0 Å². The van der Waals surface area contributed by atoms with E-state index in [1.165, 1.54) is 0 Å². The lowest BCUT2D eigenvalue weighted by Gasteiger charge is -2.28. The predicted molar refractivity (Wildman–Crippen MR) is 135 cm³/mol. The van der Waals surface area contributed by atoms with Gasteiger partial charge in [-0.15, -0.1) is 0 Å². The Morgan fingerprint density at radius 1 is 0.914 bits per heavy atom. The molecule has 0 amide bonds. The summed E-state index contributed by atoms with van der Waals surface area (Å²) in [6, 6.07) is 14.2. The summed E-state index contributed by atoms with van der Waals surface area (Å²) in [5, 5.41) is 4.56. The van der Waals surface area contributed by atoms with Crippen molar-refractivity contribution in [3.8, 4) is 34.0 Å². The van der Waals surface area contributed by atoms with Crippen LogP contribution in [0.3, 0.4) is 0 Å². The number of ether oxygens (including phenoxy) is 1. The Morgan fingerprint density at radius 2 is 1.71 bits per heavy atom. The van der Waals surface area contributed by atoms with Crippen LogP contribution in [0.4, 0.5) is 5.82 Å². The fraction of sp³-hybridized carbons (Fsp3) is 0.269. The van der Waals surface area contributed by atoms with E-state index in [0.29, 0.717) is 19.0 Å². The molecule has 0 saturated carbocycles. The van der Waals surface area contributed by atoms with Gasteiger partial charge in [0.05, 0.1) is 18.9 Å². The molecule has 1 aromatic carbocycles. The van der Waals surface area contributed by atoms with E-state index in [4.69, 9.17) is 19.7 Å². The van der Waals surface area contributed by atoms with Crippen LogP contribution in [0.1, 0.15) is 6.92 Å². The van der Waals surface area contributed by atoms with Crippen LogP contribution in [0.15, 0.2) is 61.1 Å². The number of aromatic nitrogens is 7. The van der Waals surface area contributed by atoms with Crippen LogP contribution in [0.5, 0.6) is 0 Å². The van der Waals surface area contributed by atoms with Gasteiger partial charge in [0.1, 0.15) is 5.82 Å². The first-order valence-corrected chi connectivity index (χ1v) is 11.8. The quantitative estimate of drug-likeness (QED) is 0.389. The Kier molecular flexibility index (Phi) is 5.46. The van der Waals surface area contributed by atoms with Crippen LogP contribution in [-0.4, -0.2) is 60.6 Å². The summed E-state index contributed by atoms with van der Waals surface area (Å²) in [7, 11) is 1.92. The van der Waals surface area contributed by atoms with Gasteiger partial charge in [-0.05, 0) is 31.2 Å². The molecule has 0 aliphatic carbocycles. The van der Waals surface area contributed by atoms with Gasteiger partial charge in [-0.25, -0.2) is 15.0 Å². The second-order valence-electron chi connectivity index (χ2n) is 8.51. The number of morpholine rings is 1. The van der Waals surface area contributed by atoms with Gasteiger partial charge in [0.2, 0.25) is 0 Å². The Morgan fingerprint density at radius 3 is 2.46 bits per heavy atom. The monoisotopic (exact) mass is 466 g/mol. The van der Waals surface area contributed by atoms with Crippen molar-refractivity contribution in [1.82, 2.24) is 34.3 Å². The highest BCUT2D eigenvalue weighted by atomic mass is 16.5. The number of fused-ring (bicyclic) bond motifs is 1. The van der Waals surface area contributed by atoms with E-state index in [2.05, 4.69) is 38.6 Å². The molecule has 6 rings (SSSR count). The lowest BCUT2D eigenvalue weighted by Crippen LogP contribution is -2.37. The summed E-state index contributed by atoms with van der Waals surface area (Å²) in [5.41, 5.74) is 5.54. The molecule has 0 unspecified atom stereocenters. The van der Waals surface area contributed by atoms with E-state index in [1.807, 2.05) is 48.3 Å². The Bertz CT molecular complexity index is 1480. The topological polar surface area (TPSA) is 86.8 Å². The fourth-order valence-electron chi connectivity index (χ4n) is 4.52. The third-order valence-corrected chi connectivity index (χ3v) is 6.27. The van der Waals surface area contributed by atoms with Gasteiger partial charge in [0, 0.05) is 62.0 Å². The van der Waals surface area contributed by atoms with Crippen molar-refractivity contribution in [2.45, 2.75) is 13.5 Å². The van der Waals surface area contributed by atoms with Crippen LogP contribution in [-0.2, 0) is 18.3 Å². The summed E-state index contributed by atoms with van der Waals surface area (Å²) in [5.74, 6) is 2.39. The van der Waals surface area contributed by atoms with Crippen molar-refractivity contribution in [3.05, 3.63) is 61.1 Å². The first-order chi connectivity index (χ1) is 17.2. The zero-order valence-corrected chi connectivity index (χ0v) is 19.8. The van der Waals surface area contributed by atoms with Crippen molar-refractivity contribution in [2.24, 2.45) is 7.05 Å². The molecule has 1 fully saturated rings. The molecular weight excluding hydrogens is 440 g/mol. The number of aryl methyl sites for hydroxylation is 2. The molecule has 1 saturated heterocycles. The minimum Gasteiger partial charge on any atom is -0.378 e. The highest BCUT2D eigenvalue weighted by Crippen LogP contribution is 2.32. The van der Waals surface area contributed by atoms with Crippen LogP contribution in [0.2, 0.25) is 0 Å². The van der Waals surface area contributed by atoms with Gasteiger partial charge in [-0.2, -0.15) is 5.10 Å². The summed E-state index contributed by atoms with van der Waals surface area (Å²) in [6.07, 6.45) is 5.52.